The van der Waals surface area contributed by atoms with Crippen LogP contribution in [0.3, 0.4) is 0 Å². The van der Waals surface area contributed by atoms with E-state index in [-0.39, 0.29) is 0 Å². The molecule has 76 valence electrons. The Labute approximate surface area is 83.4 Å². The first-order valence-electron chi connectivity index (χ1n) is 5.94. The molecule has 0 N–H and O–H groups in total. The number of hydrogen-bond acceptors (Lipinski definition) is 0. The van der Waals surface area contributed by atoms with Crippen molar-refractivity contribution in [2.24, 2.45) is 5.41 Å². The molecule has 0 saturated heterocycles. The lowest BCUT2D eigenvalue weighted by molar-refractivity contribution is 0.240. The predicted molar refractivity (Wildman–Crippen MR) is 59.9 cm³/mol. The summed E-state index contributed by atoms with van der Waals surface area (Å²) in [6.45, 7) is 6.12. The van der Waals surface area contributed by atoms with Gasteiger partial charge < -0.3 is 0 Å². The number of unbranched alkanes of at least 4 members (excludes halogenated alkanes) is 1. The molecule has 0 aromatic rings. The van der Waals surface area contributed by atoms with Gasteiger partial charge in [0.15, 0.2) is 0 Å². The van der Waals surface area contributed by atoms with Crippen LogP contribution in [-0.2, 0) is 0 Å². The molecule has 0 aromatic carbocycles. The van der Waals surface area contributed by atoms with Crippen molar-refractivity contribution in [3.63, 3.8) is 0 Å². The van der Waals surface area contributed by atoms with Crippen molar-refractivity contribution in [3.8, 4) is 0 Å². The summed E-state index contributed by atoms with van der Waals surface area (Å²) in [6, 6.07) is 0. The van der Waals surface area contributed by atoms with Gasteiger partial charge in [0.05, 0.1) is 0 Å². The highest BCUT2D eigenvalue weighted by Crippen LogP contribution is 2.45. The first-order valence-corrected chi connectivity index (χ1v) is 5.94. The van der Waals surface area contributed by atoms with Gasteiger partial charge in [-0.05, 0) is 43.9 Å². The van der Waals surface area contributed by atoms with E-state index in [1.165, 1.54) is 57.8 Å². The van der Waals surface area contributed by atoms with E-state index in [9.17, 15) is 0 Å². The lowest BCUT2D eigenvalue weighted by Crippen LogP contribution is -2.15. The van der Waals surface area contributed by atoms with E-state index in [0.29, 0.717) is 0 Å². The minimum absolute atomic E-state index is 0.748. The highest BCUT2D eigenvalue weighted by Gasteiger charge is 2.31. The van der Waals surface area contributed by atoms with Gasteiger partial charge in [0.2, 0.25) is 0 Å². The Balaban J connectivity index is 2.32. The summed E-state index contributed by atoms with van der Waals surface area (Å²) >= 11 is 0. The van der Waals surface area contributed by atoms with Gasteiger partial charge in [-0.3, -0.25) is 0 Å². The first kappa shape index (κ1) is 10.8. The van der Waals surface area contributed by atoms with Crippen molar-refractivity contribution >= 4 is 0 Å². The minimum Gasteiger partial charge on any atom is -0.103 e. The lowest BCUT2D eigenvalue weighted by Gasteiger charge is -2.28. The van der Waals surface area contributed by atoms with Gasteiger partial charge in [-0.2, -0.15) is 0 Å². The van der Waals surface area contributed by atoms with E-state index in [2.05, 4.69) is 19.6 Å². The van der Waals surface area contributed by atoms with E-state index in [1.807, 2.05) is 0 Å². The molecule has 1 aliphatic carbocycles. The molecule has 0 heterocycles. The lowest BCUT2D eigenvalue weighted by atomic mass is 9.77. The van der Waals surface area contributed by atoms with Gasteiger partial charge >= 0.3 is 0 Å². The Hall–Kier alpha value is -0.260. The van der Waals surface area contributed by atoms with Crippen molar-refractivity contribution in [1.29, 1.82) is 0 Å². The molecule has 0 heteroatoms. The molecule has 1 rings (SSSR count). The molecule has 13 heavy (non-hydrogen) atoms. The Morgan fingerprint density at radius 3 is 2.46 bits per heavy atom. The Morgan fingerprint density at radius 2 is 1.92 bits per heavy atom. The standard InChI is InChI=1S/C13H24/c1-3-5-6-10-13(9-4-2)11-7-8-12-13/h3H,1,4-12H2,2H3. The molecule has 0 radical (unpaired) electrons. The Bertz CT molecular complexity index is 140. The van der Waals surface area contributed by atoms with Crippen LogP contribution < -0.4 is 0 Å². The molecule has 0 atom stereocenters. The van der Waals surface area contributed by atoms with Crippen LogP contribution >= 0.6 is 0 Å². The maximum absolute atomic E-state index is 3.79. The van der Waals surface area contributed by atoms with Crippen molar-refractivity contribution in [3.05, 3.63) is 12.7 Å². The Morgan fingerprint density at radius 1 is 1.23 bits per heavy atom. The Kier molecular flexibility index (Phi) is 4.55. The molecular formula is C13H24. The van der Waals surface area contributed by atoms with E-state index >= 15 is 0 Å². The number of rotatable bonds is 6. The van der Waals surface area contributed by atoms with Crippen LogP contribution in [0.1, 0.15) is 64.7 Å². The van der Waals surface area contributed by atoms with E-state index in [1.54, 1.807) is 0 Å². The summed E-state index contributed by atoms with van der Waals surface area (Å²) < 4.78 is 0. The second kappa shape index (κ2) is 5.47. The molecule has 0 aliphatic heterocycles. The van der Waals surface area contributed by atoms with E-state index < -0.39 is 0 Å². The number of allylic oxidation sites excluding steroid dienone is 1. The van der Waals surface area contributed by atoms with Gasteiger partial charge in [0.1, 0.15) is 0 Å². The van der Waals surface area contributed by atoms with Gasteiger partial charge in [-0.25, -0.2) is 0 Å². The van der Waals surface area contributed by atoms with Crippen LogP contribution in [0.5, 0.6) is 0 Å². The molecule has 0 aromatic heterocycles. The second-order valence-corrected chi connectivity index (χ2v) is 4.64. The normalized spacial score (nSPS) is 20.4. The third-order valence-electron chi connectivity index (χ3n) is 3.56. The fourth-order valence-electron chi connectivity index (χ4n) is 2.90. The molecule has 0 unspecified atom stereocenters. The van der Waals surface area contributed by atoms with Crippen LogP contribution in [0.2, 0.25) is 0 Å². The maximum atomic E-state index is 3.79. The summed E-state index contributed by atoms with van der Waals surface area (Å²) in [5, 5.41) is 0. The third kappa shape index (κ3) is 3.17. The SMILES string of the molecule is C=CCCCC1(CCC)CCCC1. The third-order valence-corrected chi connectivity index (χ3v) is 3.56. The maximum Gasteiger partial charge on any atom is -0.0297 e. The minimum atomic E-state index is 0.748. The summed E-state index contributed by atoms with van der Waals surface area (Å²) in [4.78, 5) is 0. The molecule has 1 saturated carbocycles. The van der Waals surface area contributed by atoms with Gasteiger partial charge in [0.25, 0.3) is 0 Å². The van der Waals surface area contributed by atoms with Crippen molar-refractivity contribution < 1.29 is 0 Å². The quantitative estimate of drug-likeness (QED) is 0.410. The topological polar surface area (TPSA) is 0 Å². The summed E-state index contributed by atoms with van der Waals surface area (Å²) in [7, 11) is 0. The smallest absolute Gasteiger partial charge is 0.0297 e. The highest BCUT2D eigenvalue weighted by atomic mass is 14.4. The largest absolute Gasteiger partial charge is 0.103 e. The summed E-state index contributed by atoms with van der Waals surface area (Å²) in [6.07, 6.45) is 14.9. The van der Waals surface area contributed by atoms with Crippen LogP contribution in [-0.4, -0.2) is 0 Å². The van der Waals surface area contributed by atoms with Crippen LogP contribution in [0.4, 0.5) is 0 Å². The first-order chi connectivity index (χ1) is 6.33. The van der Waals surface area contributed by atoms with Crippen LogP contribution in [0.25, 0.3) is 0 Å². The average molecular weight is 180 g/mol. The summed E-state index contributed by atoms with van der Waals surface area (Å²) in [5.74, 6) is 0. The molecule has 0 spiro atoms. The average Bonchev–Trinajstić information content (AvgIpc) is 2.55. The molecule has 0 nitrogen and oxygen atoms in total. The molecule has 0 bridgehead atoms. The van der Waals surface area contributed by atoms with Crippen molar-refractivity contribution in [2.45, 2.75) is 64.7 Å². The zero-order chi connectivity index (χ0) is 9.57. The van der Waals surface area contributed by atoms with Crippen molar-refractivity contribution in [2.75, 3.05) is 0 Å². The van der Waals surface area contributed by atoms with Gasteiger partial charge in [-0.1, -0.05) is 32.3 Å². The van der Waals surface area contributed by atoms with Crippen LogP contribution in [0, 0.1) is 5.41 Å². The fraction of sp³-hybridized carbons (Fsp3) is 0.846. The molecule has 0 amide bonds. The molecular weight excluding hydrogens is 156 g/mol. The van der Waals surface area contributed by atoms with Gasteiger partial charge in [-0.15, -0.1) is 6.58 Å². The zero-order valence-corrected chi connectivity index (χ0v) is 9.15. The molecule has 1 aliphatic rings. The summed E-state index contributed by atoms with van der Waals surface area (Å²) in [5.41, 5.74) is 0.748. The van der Waals surface area contributed by atoms with Crippen molar-refractivity contribution in [1.82, 2.24) is 0 Å². The van der Waals surface area contributed by atoms with Crippen LogP contribution in [0.15, 0.2) is 12.7 Å². The fourth-order valence-corrected chi connectivity index (χ4v) is 2.90. The highest BCUT2D eigenvalue weighted by molar-refractivity contribution is 4.85. The van der Waals surface area contributed by atoms with E-state index in [0.717, 1.165) is 5.41 Å². The second-order valence-electron chi connectivity index (χ2n) is 4.64. The van der Waals surface area contributed by atoms with E-state index in [4.69, 9.17) is 0 Å². The zero-order valence-electron chi connectivity index (χ0n) is 9.15. The predicted octanol–water partition coefficient (Wildman–Crippen LogP) is 4.70. The molecule has 1 fully saturated rings. The number of hydrogen-bond donors (Lipinski definition) is 0. The monoisotopic (exact) mass is 180 g/mol. The van der Waals surface area contributed by atoms with Gasteiger partial charge in [0, 0.05) is 0 Å².